The Kier molecular flexibility index (Phi) is 7.10. The topological polar surface area (TPSA) is 113 Å². The third-order valence-corrected chi connectivity index (χ3v) is 4.44. The smallest absolute Gasteiger partial charge is 0.242 e. The molecule has 1 aliphatic heterocycles. The molecular weight excluding hydrogens is 324 g/mol. The average molecular weight is 350 g/mol. The van der Waals surface area contributed by atoms with Crippen molar-refractivity contribution in [3.63, 3.8) is 0 Å². The van der Waals surface area contributed by atoms with Crippen LogP contribution in [-0.2, 0) is 4.79 Å². The van der Waals surface area contributed by atoms with E-state index in [2.05, 4.69) is 5.32 Å². The number of nitrogens with zero attached hydrogens (tertiary/aromatic N) is 1. The van der Waals surface area contributed by atoms with E-state index in [0.29, 0.717) is 13.1 Å². The third-order valence-electron chi connectivity index (χ3n) is 4.44. The summed E-state index contributed by atoms with van der Waals surface area (Å²) in [5.41, 5.74) is 1.01. The lowest BCUT2D eigenvalue weighted by molar-refractivity contribution is -0.153. The van der Waals surface area contributed by atoms with Crippen LogP contribution in [0.3, 0.4) is 0 Å². The quantitative estimate of drug-likeness (QED) is 0.448. The number of carbonyl (C=O) groups excluding carboxylic acids is 1. The van der Waals surface area contributed by atoms with E-state index in [1.807, 2.05) is 49.4 Å². The predicted octanol–water partition coefficient (Wildman–Crippen LogP) is -1.04. The van der Waals surface area contributed by atoms with Crippen molar-refractivity contribution in [3.8, 4) is 0 Å². The van der Waals surface area contributed by atoms with Gasteiger partial charge in [0.15, 0.2) is 0 Å². The first kappa shape index (κ1) is 19.6. The van der Waals surface area contributed by atoms with Crippen LogP contribution in [0.25, 0.3) is 6.08 Å². The molecule has 5 atom stereocenters. The van der Waals surface area contributed by atoms with Crippen LogP contribution < -0.4 is 5.32 Å². The maximum atomic E-state index is 12.7. The Morgan fingerprint density at radius 1 is 1.16 bits per heavy atom. The number of hydrogen-bond donors (Lipinski definition) is 5. The van der Waals surface area contributed by atoms with E-state index in [-0.39, 0.29) is 0 Å². The summed E-state index contributed by atoms with van der Waals surface area (Å²) >= 11 is 0. The van der Waals surface area contributed by atoms with Gasteiger partial charge in [-0.15, -0.1) is 0 Å². The molecule has 0 saturated carbocycles. The molecule has 0 spiro atoms. The summed E-state index contributed by atoms with van der Waals surface area (Å²) in [6, 6.07) is 7.72. The summed E-state index contributed by atoms with van der Waals surface area (Å²) in [7, 11) is 0. The van der Waals surface area contributed by atoms with Crippen LogP contribution in [0.4, 0.5) is 0 Å². The molecule has 1 aliphatic rings. The van der Waals surface area contributed by atoms with Crippen LogP contribution in [-0.4, -0.2) is 81.3 Å². The minimum atomic E-state index is -1.49. The first-order valence-corrected chi connectivity index (χ1v) is 8.41. The lowest BCUT2D eigenvalue weighted by atomic mass is 9.90. The van der Waals surface area contributed by atoms with Crippen molar-refractivity contribution >= 4 is 12.0 Å². The van der Waals surface area contributed by atoms with E-state index in [4.69, 9.17) is 0 Å². The third kappa shape index (κ3) is 4.65. The Hall–Kier alpha value is -1.77. The van der Waals surface area contributed by atoms with Crippen molar-refractivity contribution in [1.29, 1.82) is 0 Å². The highest BCUT2D eigenvalue weighted by atomic mass is 16.4. The van der Waals surface area contributed by atoms with Crippen molar-refractivity contribution in [1.82, 2.24) is 10.2 Å². The number of benzene rings is 1. The lowest BCUT2D eigenvalue weighted by Crippen LogP contribution is -2.69. The van der Waals surface area contributed by atoms with E-state index in [1.165, 1.54) is 4.90 Å². The second-order valence-corrected chi connectivity index (χ2v) is 6.10. The number of aliphatic hydroxyl groups is 4. The van der Waals surface area contributed by atoms with Crippen molar-refractivity contribution < 1.29 is 25.2 Å². The zero-order chi connectivity index (χ0) is 18.4. The summed E-state index contributed by atoms with van der Waals surface area (Å²) in [6.07, 6.45) is -0.531. The van der Waals surface area contributed by atoms with Crippen molar-refractivity contribution in [2.75, 3.05) is 19.7 Å². The zero-order valence-corrected chi connectivity index (χ0v) is 14.2. The largest absolute Gasteiger partial charge is 0.395 e. The number of nitrogens with one attached hydrogen (secondary N) is 1. The molecule has 1 saturated heterocycles. The molecule has 1 heterocycles. The second-order valence-electron chi connectivity index (χ2n) is 6.10. The summed E-state index contributed by atoms with van der Waals surface area (Å²) in [5, 5.41) is 41.8. The predicted molar refractivity (Wildman–Crippen MR) is 93.5 cm³/mol. The summed E-state index contributed by atoms with van der Waals surface area (Å²) in [6.45, 7) is 2.13. The van der Waals surface area contributed by atoms with Gasteiger partial charge in [0, 0.05) is 13.1 Å². The van der Waals surface area contributed by atoms with Gasteiger partial charge >= 0.3 is 0 Å². The minimum absolute atomic E-state index is 0.345. The van der Waals surface area contributed by atoms with Crippen LogP contribution in [0.1, 0.15) is 12.5 Å². The van der Waals surface area contributed by atoms with Crippen LogP contribution in [0.15, 0.2) is 36.4 Å². The highest BCUT2D eigenvalue weighted by Gasteiger charge is 2.45. The Morgan fingerprint density at radius 2 is 1.84 bits per heavy atom. The molecule has 0 aliphatic carbocycles. The molecule has 1 amide bonds. The monoisotopic (exact) mass is 350 g/mol. The zero-order valence-electron chi connectivity index (χ0n) is 14.2. The number of carbonyl (C=O) groups is 1. The molecule has 5 N–H and O–H groups in total. The van der Waals surface area contributed by atoms with Gasteiger partial charge < -0.3 is 25.3 Å². The highest BCUT2D eigenvalue weighted by molar-refractivity contribution is 5.83. The van der Waals surface area contributed by atoms with Crippen LogP contribution >= 0.6 is 0 Å². The van der Waals surface area contributed by atoms with Gasteiger partial charge in [0.2, 0.25) is 5.91 Å². The van der Waals surface area contributed by atoms with Gasteiger partial charge in [0.05, 0.1) is 12.6 Å². The molecule has 7 nitrogen and oxygen atoms in total. The summed E-state index contributed by atoms with van der Waals surface area (Å²) in [5.74, 6) is -0.392. The fraction of sp³-hybridized carbons (Fsp3) is 0.500. The Bertz CT molecular complexity index is 578. The maximum Gasteiger partial charge on any atom is 0.242 e. The maximum absolute atomic E-state index is 12.7. The number of hydrogen-bond acceptors (Lipinski definition) is 6. The van der Waals surface area contributed by atoms with Gasteiger partial charge in [-0.3, -0.25) is 10.1 Å². The van der Waals surface area contributed by atoms with Gasteiger partial charge in [0.1, 0.15) is 24.4 Å². The highest BCUT2D eigenvalue weighted by Crippen LogP contribution is 2.17. The molecule has 0 bridgehead atoms. The van der Waals surface area contributed by atoms with Crippen molar-refractivity contribution in [2.45, 2.75) is 37.3 Å². The fourth-order valence-corrected chi connectivity index (χ4v) is 2.89. The number of piperidine rings is 1. The first-order valence-electron chi connectivity index (χ1n) is 8.41. The normalized spacial score (nSPS) is 29.7. The molecule has 138 valence electrons. The Balaban J connectivity index is 2.04. The Morgan fingerprint density at radius 3 is 2.44 bits per heavy atom. The lowest BCUT2D eigenvalue weighted by Gasteiger charge is -2.41. The summed E-state index contributed by atoms with van der Waals surface area (Å²) in [4.78, 5) is 14.2. The van der Waals surface area contributed by atoms with Gasteiger partial charge in [-0.1, -0.05) is 42.5 Å². The molecule has 25 heavy (non-hydrogen) atoms. The van der Waals surface area contributed by atoms with Gasteiger partial charge in [0.25, 0.3) is 0 Å². The minimum Gasteiger partial charge on any atom is -0.395 e. The fourth-order valence-electron chi connectivity index (χ4n) is 2.89. The van der Waals surface area contributed by atoms with Crippen LogP contribution in [0, 0.1) is 0 Å². The Labute approximate surface area is 147 Å². The van der Waals surface area contributed by atoms with E-state index < -0.39 is 42.9 Å². The van der Waals surface area contributed by atoms with Gasteiger partial charge in [-0.05, 0) is 12.5 Å². The second kappa shape index (κ2) is 9.07. The van der Waals surface area contributed by atoms with Crippen molar-refractivity contribution in [2.24, 2.45) is 0 Å². The van der Waals surface area contributed by atoms with E-state index in [0.717, 1.165) is 5.56 Å². The molecule has 0 radical (unpaired) electrons. The molecular formula is C18H26N2O5. The number of rotatable bonds is 6. The van der Waals surface area contributed by atoms with E-state index in [1.54, 1.807) is 0 Å². The van der Waals surface area contributed by atoms with Crippen LogP contribution in [0.2, 0.25) is 0 Å². The van der Waals surface area contributed by atoms with Crippen molar-refractivity contribution in [3.05, 3.63) is 42.0 Å². The average Bonchev–Trinajstić information content (AvgIpc) is 2.64. The van der Waals surface area contributed by atoms with Gasteiger partial charge in [-0.2, -0.15) is 0 Å². The SMILES string of the molecule is CCN(CC=Cc1ccccc1)C(=O)[C@H]1N[C@H](CO)[C@@H](O)[C@H](O)[C@@H]1O. The van der Waals surface area contributed by atoms with E-state index in [9.17, 15) is 25.2 Å². The molecule has 0 aromatic heterocycles. The molecule has 2 rings (SSSR count). The first-order chi connectivity index (χ1) is 12.0. The number of amides is 1. The number of aliphatic hydroxyl groups excluding tert-OH is 4. The molecule has 0 unspecified atom stereocenters. The number of likely N-dealkylation sites (N-methyl/N-ethyl adjacent to an activating group) is 1. The molecule has 7 heteroatoms. The molecule has 1 aromatic carbocycles. The van der Waals surface area contributed by atoms with Crippen LogP contribution in [0.5, 0.6) is 0 Å². The molecule has 1 aromatic rings. The standard InChI is InChI=1S/C18H26N2O5/c1-2-20(10-6-9-12-7-4-3-5-8-12)18(25)14-16(23)17(24)15(22)13(11-21)19-14/h3-9,13-17,19,21-24H,2,10-11H2,1H3/t13-,14+,15-,16-,17+/m1/s1. The van der Waals surface area contributed by atoms with E-state index >= 15 is 0 Å². The molecule has 1 fully saturated rings. The van der Waals surface area contributed by atoms with Gasteiger partial charge in [-0.25, -0.2) is 0 Å². The summed E-state index contributed by atoms with van der Waals surface area (Å²) < 4.78 is 0.